The summed E-state index contributed by atoms with van der Waals surface area (Å²) in [5.74, 6) is 1.78. The van der Waals surface area contributed by atoms with Crippen molar-refractivity contribution in [1.29, 1.82) is 0 Å². The molecule has 20 heavy (non-hydrogen) atoms. The third-order valence-corrected chi connectivity index (χ3v) is 6.16. The number of nitrogens with one attached hydrogen (secondary N) is 1. The molecule has 0 aromatic carbocycles. The summed E-state index contributed by atoms with van der Waals surface area (Å²) in [5.41, 5.74) is 0.523. The van der Waals surface area contributed by atoms with Crippen molar-refractivity contribution < 1.29 is 4.74 Å². The Balaban J connectivity index is 1.87. The Bertz CT molecular complexity index is 534. The van der Waals surface area contributed by atoms with Crippen LogP contribution in [0.1, 0.15) is 40.0 Å². The third-order valence-electron chi connectivity index (χ3n) is 5.90. The minimum Gasteiger partial charge on any atom is -0.473 e. The second-order valence-corrected chi connectivity index (χ2v) is 7.22. The summed E-state index contributed by atoms with van der Waals surface area (Å²) >= 11 is 6.17. The summed E-state index contributed by atoms with van der Waals surface area (Å²) in [6, 6.07) is 0. The first-order valence-corrected chi connectivity index (χ1v) is 7.63. The van der Waals surface area contributed by atoms with E-state index in [0.29, 0.717) is 22.3 Å². The van der Waals surface area contributed by atoms with Gasteiger partial charge in [-0.1, -0.05) is 32.4 Å². The van der Waals surface area contributed by atoms with Crippen LogP contribution in [-0.4, -0.2) is 23.1 Å². The standard InChI is InChI=1S/C15H22ClN3O/c1-14(2)9-5-6-15(14,3)11(7-9)20-12-10(16)8-18-13(17-4)19-12/h8-9,11H,5-7H2,1-4H3,(H,17,18,19). The van der Waals surface area contributed by atoms with E-state index < -0.39 is 0 Å². The van der Waals surface area contributed by atoms with Crippen molar-refractivity contribution in [2.24, 2.45) is 16.7 Å². The monoisotopic (exact) mass is 295 g/mol. The van der Waals surface area contributed by atoms with E-state index >= 15 is 0 Å². The van der Waals surface area contributed by atoms with Crippen LogP contribution >= 0.6 is 11.6 Å². The summed E-state index contributed by atoms with van der Waals surface area (Å²) in [6.45, 7) is 7.09. The molecule has 3 unspecified atom stereocenters. The molecule has 0 spiro atoms. The minimum absolute atomic E-state index is 0.188. The molecule has 2 aliphatic rings. The normalized spacial score (nSPS) is 34.2. The van der Waals surface area contributed by atoms with Crippen LogP contribution in [0.15, 0.2) is 6.20 Å². The van der Waals surface area contributed by atoms with E-state index in [1.165, 1.54) is 12.8 Å². The molecule has 5 heteroatoms. The largest absolute Gasteiger partial charge is 0.473 e. The molecule has 2 bridgehead atoms. The molecule has 2 saturated carbocycles. The maximum atomic E-state index is 6.20. The molecule has 3 atom stereocenters. The van der Waals surface area contributed by atoms with Gasteiger partial charge in [0.05, 0.1) is 6.20 Å². The van der Waals surface area contributed by atoms with Gasteiger partial charge in [-0.2, -0.15) is 4.98 Å². The van der Waals surface area contributed by atoms with E-state index in [0.717, 1.165) is 12.3 Å². The highest BCUT2D eigenvalue weighted by atomic mass is 35.5. The highest BCUT2D eigenvalue weighted by molar-refractivity contribution is 6.31. The molecule has 1 aromatic rings. The van der Waals surface area contributed by atoms with E-state index in [-0.39, 0.29) is 11.5 Å². The number of ether oxygens (including phenoxy) is 1. The van der Waals surface area contributed by atoms with Crippen LogP contribution in [0, 0.1) is 16.7 Å². The van der Waals surface area contributed by atoms with Crippen molar-refractivity contribution in [1.82, 2.24) is 9.97 Å². The molecule has 1 heterocycles. The molecule has 1 aromatic heterocycles. The SMILES string of the molecule is CNc1ncc(Cl)c(OC2CC3CCC2(C)C3(C)C)n1. The lowest BCUT2D eigenvalue weighted by Crippen LogP contribution is -2.39. The van der Waals surface area contributed by atoms with Crippen molar-refractivity contribution in [2.45, 2.75) is 46.1 Å². The average Bonchev–Trinajstić information content (AvgIpc) is 2.74. The van der Waals surface area contributed by atoms with Crippen molar-refractivity contribution >= 4 is 17.5 Å². The Labute approximate surface area is 125 Å². The van der Waals surface area contributed by atoms with Gasteiger partial charge in [-0.3, -0.25) is 0 Å². The maximum Gasteiger partial charge on any atom is 0.237 e. The fourth-order valence-electron chi connectivity index (χ4n) is 4.00. The number of nitrogens with zero attached hydrogens (tertiary/aromatic N) is 2. The molecule has 0 amide bonds. The number of hydrogen-bond acceptors (Lipinski definition) is 4. The Hall–Kier alpha value is -1.03. The zero-order chi connectivity index (χ0) is 14.5. The zero-order valence-electron chi connectivity index (χ0n) is 12.5. The van der Waals surface area contributed by atoms with Crippen LogP contribution < -0.4 is 10.1 Å². The Morgan fingerprint density at radius 1 is 1.40 bits per heavy atom. The molecule has 1 N–H and O–H groups in total. The molecule has 3 rings (SSSR count). The van der Waals surface area contributed by atoms with Gasteiger partial charge in [-0.15, -0.1) is 0 Å². The third kappa shape index (κ3) is 1.80. The first-order chi connectivity index (χ1) is 9.38. The van der Waals surface area contributed by atoms with Crippen LogP contribution in [0.2, 0.25) is 5.02 Å². The Morgan fingerprint density at radius 2 is 2.15 bits per heavy atom. The zero-order valence-corrected chi connectivity index (χ0v) is 13.3. The number of aromatic nitrogens is 2. The van der Waals surface area contributed by atoms with E-state index in [1.807, 2.05) is 0 Å². The van der Waals surface area contributed by atoms with Gasteiger partial charge in [0.2, 0.25) is 11.8 Å². The number of anilines is 1. The summed E-state index contributed by atoms with van der Waals surface area (Å²) in [7, 11) is 1.79. The number of hydrogen-bond donors (Lipinski definition) is 1. The van der Waals surface area contributed by atoms with E-state index in [9.17, 15) is 0 Å². The second kappa shape index (κ2) is 4.48. The van der Waals surface area contributed by atoms with Crippen LogP contribution in [0.3, 0.4) is 0 Å². The van der Waals surface area contributed by atoms with Gasteiger partial charge in [-0.25, -0.2) is 4.98 Å². The summed E-state index contributed by atoms with van der Waals surface area (Å²) in [6.07, 6.45) is 5.41. The number of rotatable bonds is 3. The van der Waals surface area contributed by atoms with Gasteiger partial charge in [0.25, 0.3) is 0 Å². The van der Waals surface area contributed by atoms with Crippen LogP contribution in [0.5, 0.6) is 5.88 Å². The van der Waals surface area contributed by atoms with E-state index in [1.54, 1.807) is 13.2 Å². The summed E-state index contributed by atoms with van der Waals surface area (Å²) in [4.78, 5) is 8.43. The van der Waals surface area contributed by atoms with Gasteiger partial charge in [0, 0.05) is 12.5 Å². The van der Waals surface area contributed by atoms with Crippen molar-refractivity contribution in [3.63, 3.8) is 0 Å². The van der Waals surface area contributed by atoms with Crippen molar-refractivity contribution in [3.8, 4) is 5.88 Å². The van der Waals surface area contributed by atoms with Gasteiger partial charge in [0.1, 0.15) is 11.1 Å². The molecule has 0 aliphatic heterocycles. The first kappa shape index (κ1) is 13.9. The fourth-order valence-corrected chi connectivity index (χ4v) is 4.13. The maximum absolute atomic E-state index is 6.20. The number of fused-ring (bicyclic) bond motifs is 2. The summed E-state index contributed by atoms with van der Waals surface area (Å²) in [5, 5.41) is 3.40. The lowest BCUT2D eigenvalue weighted by molar-refractivity contribution is 0.0274. The highest BCUT2D eigenvalue weighted by Crippen LogP contribution is 2.66. The first-order valence-electron chi connectivity index (χ1n) is 7.25. The average molecular weight is 296 g/mol. The van der Waals surface area contributed by atoms with Crippen molar-refractivity contribution in [2.75, 3.05) is 12.4 Å². The van der Waals surface area contributed by atoms with Crippen LogP contribution in [0.4, 0.5) is 5.95 Å². The van der Waals surface area contributed by atoms with Gasteiger partial charge in [-0.05, 0) is 30.6 Å². The van der Waals surface area contributed by atoms with E-state index in [4.69, 9.17) is 16.3 Å². The molecule has 4 nitrogen and oxygen atoms in total. The number of halogens is 1. The molecule has 2 fully saturated rings. The molecule has 110 valence electrons. The molecule has 0 radical (unpaired) electrons. The minimum atomic E-state index is 0.188. The fraction of sp³-hybridized carbons (Fsp3) is 0.733. The van der Waals surface area contributed by atoms with Crippen molar-refractivity contribution in [3.05, 3.63) is 11.2 Å². The Morgan fingerprint density at radius 3 is 2.70 bits per heavy atom. The molecule has 0 saturated heterocycles. The van der Waals surface area contributed by atoms with Crippen LogP contribution in [-0.2, 0) is 0 Å². The topological polar surface area (TPSA) is 47.0 Å². The van der Waals surface area contributed by atoms with Crippen LogP contribution in [0.25, 0.3) is 0 Å². The quantitative estimate of drug-likeness (QED) is 0.922. The lowest BCUT2D eigenvalue weighted by Gasteiger charge is -2.38. The van der Waals surface area contributed by atoms with E-state index in [2.05, 4.69) is 36.1 Å². The second-order valence-electron chi connectivity index (χ2n) is 6.81. The highest BCUT2D eigenvalue weighted by Gasteiger charge is 2.62. The smallest absolute Gasteiger partial charge is 0.237 e. The molecular weight excluding hydrogens is 274 g/mol. The van der Waals surface area contributed by atoms with Gasteiger partial charge < -0.3 is 10.1 Å². The molecular formula is C15H22ClN3O. The van der Waals surface area contributed by atoms with Gasteiger partial charge in [0.15, 0.2) is 0 Å². The Kier molecular flexibility index (Phi) is 3.12. The predicted molar refractivity (Wildman–Crippen MR) is 80.2 cm³/mol. The lowest BCUT2D eigenvalue weighted by atomic mass is 9.70. The summed E-state index contributed by atoms with van der Waals surface area (Å²) < 4.78 is 6.20. The van der Waals surface area contributed by atoms with Gasteiger partial charge >= 0.3 is 0 Å². The molecule has 2 aliphatic carbocycles. The predicted octanol–water partition coefficient (Wildman–Crippen LogP) is 3.77.